The molecule has 0 bridgehead atoms. The van der Waals surface area contributed by atoms with Crippen LogP contribution in [0.4, 0.5) is 8.78 Å². The first-order valence-corrected chi connectivity index (χ1v) is 8.03. The molecule has 0 aliphatic rings. The Bertz CT molecular complexity index is 810. The van der Waals surface area contributed by atoms with Gasteiger partial charge in [-0.3, -0.25) is 0 Å². The van der Waals surface area contributed by atoms with E-state index in [0.29, 0.717) is 0 Å². The van der Waals surface area contributed by atoms with Gasteiger partial charge in [0.15, 0.2) is 0 Å². The number of furan rings is 1. The van der Waals surface area contributed by atoms with Crippen molar-refractivity contribution in [3.05, 3.63) is 53.3 Å². The van der Waals surface area contributed by atoms with E-state index in [1.54, 1.807) is 0 Å². The maximum atomic E-state index is 13.6. The number of benzene rings is 1. The first-order valence-electron chi connectivity index (χ1n) is 6.14. The van der Waals surface area contributed by atoms with Gasteiger partial charge in [0.1, 0.15) is 17.7 Å². The SMILES string of the molecule is C[C@@H](OC(=O)c1ccc(S(C)(=O)=O)o1)c1cc(F)ccc1F. The molecule has 1 heterocycles. The minimum absolute atomic E-state index is 0.136. The topological polar surface area (TPSA) is 73.6 Å². The summed E-state index contributed by atoms with van der Waals surface area (Å²) in [6, 6.07) is 5.02. The Hall–Kier alpha value is -2.22. The van der Waals surface area contributed by atoms with Crippen LogP contribution in [0.2, 0.25) is 0 Å². The second-order valence-electron chi connectivity index (χ2n) is 4.60. The van der Waals surface area contributed by atoms with Crippen LogP contribution >= 0.6 is 0 Å². The lowest BCUT2D eigenvalue weighted by Crippen LogP contribution is -2.10. The van der Waals surface area contributed by atoms with Crippen LogP contribution in [0.1, 0.15) is 29.1 Å². The Labute approximate surface area is 125 Å². The summed E-state index contributed by atoms with van der Waals surface area (Å²) in [6.07, 6.45) is -0.152. The van der Waals surface area contributed by atoms with E-state index in [1.807, 2.05) is 0 Å². The van der Waals surface area contributed by atoms with Crippen molar-refractivity contribution in [1.29, 1.82) is 0 Å². The molecule has 8 heteroatoms. The summed E-state index contributed by atoms with van der Waals surface area (Å²) in [5.74, 6) is -2.72. The molecular formula is C14H12F2O5S. The van der Waals surface area contributed by atoms with Gasteiger partial charge in [-0.05, 0) is 37.3 Å². The van der Waals surface area contributed by atoms with Gasteiger partial charge in [-0.2, -0.15) is 0 Å². The molecule has 0 aliphatic heterocycles. The van der Waals surface area contributed by atoms with Crippen molar-refractivity contribution < 1.29 is 31.1 Å². The predicted molar refractivity (Wildman–Crippen MR) is 72.0 cm³/mol. The molecular weight excluding hydrogens is 318 g/mol. The fraction of sp³-hybridized carbons (Fsp3) is 0.214. The fourth-order valence-corrected chi connectivity index (χ4v) is 2.29. The van der Waals surface area contributed by atoms with Crippen LogP contribution in [0.25, 0.3) is 0 Å². The quantitative estimate of drug-likeness (QED) is 0.806. The lowest BCUT2D eigenvalue weighted by atomic mass is 10.1. The molecule has 0 saturated carbocycles. The van der Waals surface area contributed by atoms with E-state index in [2.05, 4.69) is 0 Å². The third-order valence-electron chi connectivity index (χ3n) is 2.83. The van der Waals surface area contributed by atoms with Gasteiger partial charge in [0, 0.05) is 11.8 Å². The van der Waals surface area contributed by atoms with E-state index in [-0.39, 0.29) is 16.4 Å². The molecule has 0 spiro atoms. The molecule has 2 rings (SSSR count). The summed E-state index contributed by atoms with van der Waals surface area (Å²) in [6.45, 7) is 1.36. The summed E-state index contributed by atoms with van der Waals surface area (Å²) in [4.78, 5) is 11.8. The van der Waals surface area contributed by atoms with E-state index in [9.17, 15) is 22.0 Å². The first kappa shape index (κ1) is 16.2. The molecule has 1 aromatic heterocycles. The van der Waals surface area contributed by atoms with Gasteiger partial charge in [-0.15, -0.1) is 0 Å². The molecule has 0 saturated heterocycles. The van der Waals surface area contributed by atoms with Crippen molar-refractivity contribution in [1.82, 2.24) is 0 Å². The van der Waals surface area contributed by atoms with Crippen molar-refractivity contribution in [3.8, 4) is 0 Å². The predicted octanol–water partition coefficient (Wildman–Crippen LogP) is 2.88. The summed E-state index contributed by atoms with van der Waals surface area (Å²) < 4.78 is 59.0. The standard InChI is InChI=1S/C14H12F2O5S/c1-8(10-7-9(15)3-4-11(10)16)20-14(17)12-5-6-13(21-12)22(2,18)19/h3-8H,1-2H3/t8-/m1/s1. The lowest BCUT2D eigenvalue weighted by Gasteiger charge is -2.13. The third-order valence-corrected chi connectivity index (χ3v) is 3.78. The smallest absolute Gasteiger partial charge is 0.374 e. The van der Waals surface area contributed by atoms with Gasteiger partial charge in [-0.1, -0.05) is 0 Å². The fourth-order valence-electron chi connectivity index (χ4n) is 1.74. The average molecular weight is 330 g/mol. The maximum absolute atomic E-state index is 13.6. The molecule has 0 unspecified atom stereocenters. The Morgan fingerprint density at radius 2 is 1.91 bits per heavy atom. The van der Waals surface area contributed by atoms with Crippen LogP contribution in [0.15, 0.2) is 39.8 Å². The van der Waals surface area contributed by atoms with Gasteiger partial charge in [0.05, 0.1) is 0 Å². The highest BCUT2D eigenvalue weighted by molar-refractivity contribution is 7.90. The van der Waals surface area contributed by atoms with Crippen LogP contribution < -0.4 is 0 Å². The Morgan fingerprint density at radius 1 is 1.23 bits per heavy atom. The molecule has 22 heavy (non-hydrogen) atoms. The monoisotopic (exact) mass is 330 g/mol. The van der Waals surface area contributed by atoms with E-state index in [4.69, 9.17) is 9.15 Å². The van der Waals surface area contributed by atoms with Gasteiger partial charge < -0.3 is 9.15 Å². The zero-order chi connectivity index (χ0) is 16.5. The number of carbonyl (C=O) groups is 1. The molecule has 118 valence electrons. The number of ether oxygens (including phenoxy) is 1. The summed E-state index contributed by atoms with van der Waals surface area (Å²) in [5, 5.41) is -0.385. The highest BCUT2D eigenvalue weighted by Gasteiger charge is 2.22. The normalized spacial score (nSPS) is 12.9. The highest BCUT2D eigenvalue weighted by atomic mass is 32.2. The number of carbonyl (C=O) groups excluding carboxylic acids is 1. The molecule has 1 aromatic carbocycles. The van der Waals surface area contributed by atoms with E-state index < -0.39 is 33.5 Å². The number of hydrogen-bond donors (Lipinski definition) is 0. The summed E-state index contributed by atoms with van der Waals surface area (Å²) in [5.41, 5.74) is -0.136. The van der Waals surface area contributed by atoms with Crippen molar-refractivity contribution >= 4 is 15.8 Å². The Kier molecular flexibility index (Phi) is 4.32. The number of sulfone groups is 1. The van der Waals surface area contributed by atoms with Crippen LogP contribution in [-0.2, 0) is 14.6 Å². The zero-order valence-corrected chi connectivity index (χ0v) is 12.5. The lowest BCUT2D eigenvalue weighted by molar-refractivity contribution is 0.0288. The van der Waals surface area contributed by atoms with Crippen LogP contribution in [0.3, 0.4) is 0 Å². The van der Waals surface area contributed by atoms with E-state index in [1.165, 1.54) is 6.92 Å². The molecule has 0 radical (unpaired) electrons. The van der Waals surface area contributed by atoms with E-state index in [0.717, 1.165) is 36.6 Å². The first-order chi connectivity index (χ1) is 10.2. The second kappa shape index (κ2) is 5.88. The molecule has 0 amide bonds. The number of hydrogen-bond acceptors (Lipinski definition) is 5. The second-order valence-corrected chi connectivity index (χ2v) is 6.55. The van der Waals surface area contributed by atoms with Crippen molar-refractivity contribution in [2.75, 3.05) is 6.26 Å². The number of halogens is 2. The van der Waals surface area contributed by atoms with Gasteiger partial charge in [0.25, 0.3) is 0 Å². The maximum Gasteiger partial charge on any atom is 0.374 e. The van der Waals surface area contributed by atoms with Gasteiger partial charge in [-0.25, -0.2) is 22.0 Å². The van der Waals surface area contributed by atoms with Gasteiger partial charge in [0.2, 0.25) is 20.7 Å². The van der Waals surface area contributed by atoms with Crippen molar-refractivity contribution in [3.63, 3.8) is 0 Å². The molecule has 1 atom stereocenters. The van der Waals surface area contributed by atoms with Gasteiger partial charge >= 0.3 is 5.97 Å². The number of rotatable bonds is 4. The summed E-state index contributed by atoms with van der Waals surface area (Å²) in [7, 11) is -3.59. The van der Waals surface area contributed by atoms with Crippen LogP contribution in [-0.4, -0.2) is 20.6 Å². The zero-order valence-electron chi connectivity index (χ0n) is 11.7. The molecule has 0 aliphatic carbocycles. The molecule has 0 fully saturated rings. The number of esters is 1. The van der Waals surface area contributed by atoms with Crippen LogP contribution in [0.5, 0.6) is 0 Å². The highest BCUT2D eigenvalue weighted by Crippen LogP contribution is 2.23. The Balaban J connectivity index is 2.18. The van der Waals surface area contributed by atoms with E-state index >= 15 is 0 Å². The minimum Gasteiger partial charge on any atom is -0.452 e. The largest absolute Gasteiger partial charge is 0.452 e. The Morgan fingerprint density at radius 3 is 2.50 bits per heavy atom. The molecule has 5 nitrogen and oxygen atoms in total. The van der Waals surface area contributed by atoms with Crippen LogP contribution in [0, 0.1) is 11.6 Å². The molecule has 2 aromatic rings. The third kappa shape index (κ3) is 3.51. The van der Waals surface area contributed by atoms with Crippen molar-refractivity contribution in [2.45, 2.75) is 18.1 Å². The summed E-state index contributed by atoms with van der Waals surface area (Å²) >= 11 is 0. The van der Waals surface area contributed by atoms with Crippen molar-refractivity contribution in [2.24, 2.45) is 0 Å². The average Bonchev–Trinajstić information content (AvgIpc) is 2.91. The minimum atomic E-state index is -3.59. The molecule has 0 N–H and O–H groups in total.